The summed E-state index contributed by atoms with van der Waals surface area (Å²) in [5, 5.41) is 0. The van der Waals surface area contributed by atoms with Crippen molar-refractivity contribution in [2.24, 2.45) is 0 Å². The normalized spacial score (nSPS) is 9.93. The highest BCUT2D eigenvalue weighted by Gasteiger charge is 2.12. The van der Waals surface area contributed by atoms with Crippen LogP contribution >= 0.6 is 15.9 Å². The monoisotopic (exact) mass is 258 g/mol. The van der Waals surface area contributed by atoms with Gasteiger partial charge in [-0.05, 0) is 41.1 Å². The number of benzene rings is 1. The number of rotatable bonds is 3. The van der Waals surface area contributed by atoms with Crippen LogP contribution < -0.4 is 0 Å². The zero-order valence-electron chi connectivity index (χ0n) is 7.51. The van der Waals surface area contributed by atoms with Gasteiger partial charge >= 0.3 is 0 Å². The van der Waals surface area contributed by atoms with Crippen LogP contribution in [0.2, 0.25) is 0 Å². The molecule has 4 heteroatoms. The summed E-state index contributed by atoms with van der Waals surface area (Å²) in [7, 11) is 0. The summed E-state index contributed by atoms with van der Waals surface area (Å²) in [4.78, 5) is 22.1. The first-order valence-corrected chi connectivity index (χ1v) is 4.77. The lowest BCUT2D eigenvalue weighted by Gasteiger charge is -2.01. The van der Waals surface area contributed by atoms with Crippen molar-refractivity contribution in [3.05, 3.63) is 34.1 Å². The molecule has 0 saturated carbocycles. The number of carbonyl (C=O) groups excluding carboxylic acids is 2. The van der Waals surface area contributed by atoms with Crippen LogP contribution in [0.3, 0.4) is 0 Å². The van der Waals surface area contributed by atoms with E-state index in [4.69, 9.17) is 0 Å². The number of Topliss-reactive ketones (excluding diaryl/α,β-unsaturated/α-hetero) is 2. The summed E-state index contributed by atoms with van der Waals surface area (Å²) in [5.74, 6) is -0.924. The van der Waals surface area contributed by atoms with Crippen molar-refractivity contribution in [2.45, 2.75) is 13.3 Å². The van der Waals surface area contributed by atoms with Crippen LogP contribution in [-0.2, 0) is 4.79 Å². The van der Waals surface area contributed by atoms with Crippen LogP contribution in [0.1, 0.15) is 23.7 Å². The van der Waals surface area contributed by atoms with Crippen molar-refractivity contribution >= 4 is 27.5 Å². The maximum absolute atomic E-state index is 12.7. The Morgan fingerprint density at radius 1 is 1.43 bits per heavy atom. The fourth-order valence-corrected chi connectivity index (χ4v) is 1.61. The average Bonchev–Trinajstić information content (AvgIpc) is 2.01. The molecule has 0 unspecified atom stereocenters. The van der Waals surface area contributed by atoms with Crippen LogP contribution in [0.25, 0.3) is 0 Å². The van der Waals surface area contributed by atoms with E-state index < -0.39 is 5.82 Å². The topological polar surface area (TPSA) is 34.1 Å². The van der Waals surface area contributed by atoms with Gasteiger partial charge in [0.05, 0.1) is 6.42 Å². The molecule has 0 saturated heterocycles. The van der Waals surface area contributed by atoms with Crippen LogP contribution in [0.4, 0.5) is 4.39 Å². The molecule has 0 heterocycles. The molecule has 1 rings (SSSR count). The predicted octanol–water partition coefficient (Wildman–Crippen LogP) is 2.75. The summed E-state index contributed by atoms with van der Waals surface area (Å²) in [6.45, 7) is 1.34. The molecule has 0 spiro atoms. The second kappa shape index (κ2) is 4.46. The van der Waals surface area contributed by atoms with E-state index in [0.717, 1.165) is 0 Å². The van der Waals surface area contributed by atoms with Gasteiger partial charge in [-0.3, -0.25) is 9.59 Å². The molecule has 0 amide bonds. The molecule has 0 aliphatic rings. The third-order valence-electron chi connectivity index (χ3n) is 1.64. The van der Waals surface area contributed by atoms with Crippen LogP contribution in [0, 0.1) is 5.82 Å². The van der Waals surface area contributed by atoms with Crippen molar-refractivity contribution in [2.75, 3.05) is 0 Å². The van der Waals surface area contributed by atoms with E-state index in [1.54, 1.807) is 0 Å². The maximum Gasteiger partial charge on any atom is 0.171 e. The molecule has 0 radical (unpaired) electrons. The van der Waals surface area contributed by atoms with E-state index in [-0.39, 0.29) is 18.0 Å². The molecular weight excluding hydrogens is 251 g/mol. The standard InChI is InChI=1S/C10H8BrFO2/c1-6(13)4-10(14)8-3-2-7(12)5-9(8)11/h2-3,5H,4H2,1H3. The van der Waals surface area contributed by atoms with E-state index in [2.05, 4.69) is 15.9 Å². The Bertz CT molecular complexity index is 388. The van der Waals surface area contributed by atoms with E-state index in [1.807, 2.05) is 0 Å². The summed E-state index contributed by atoms with van der Waals surface area (Å²) >= 11 is 3.07. The molecule has 0 fully saturated rings. The highest BCUT2D eigenvalue weighted by atomic mass is 79.9. The summed E-state index contributed by atoms with van der Waals surface area (Å²) in [5.41, 5.74) is 0.335. The number of hydrogen-bond donors (Lipinski definition) is 0. The first-order chi connectivity index (χ1) is 6.50. The summed E-state index contributed by atoms with van der Waals surface area (Å²) in [6.07, 6.45) is -0.149. The van der Waals surface area contributed by atoms with Gasteiger partial charge < -0.3 is 0 Å². The van der Waals surface area contributed by atoms with E-state index in [1.165, 1.54) is 25.1 Å². The van der Waals surface area contributed by atoms with E-state index >= 15 is 0 Å². The number of carbonyl (C=O) groups is 2. The molecular formula is C10H8BrFO2. The molecule has 0 aliphatic heterocycles. The first kappa shape index (κ1) is 11.0. The Balaban J connectivity index is 2.96. The molecule has 0 aliphatic carbocycles. The highest BCUT2D eigenvalue weighted by molar-refractivity contribution is 9.10. The van der Waals surface area contributed by atoms with Crippen molar-refractivity contribution < 1.29 is 14.0 Å². The quantitative estimate of drug-likeness (QED) is 0.617. The fraction of sp³-hybridized carbons (Fsp3) is 0.200. The van der Waals surface area contributed by atoms with Crippen molar-refractivity contribution in [1.29, 1.82) is 0 Å². The minimum absolute atomic E-state index is 0.149. The van der Waals surface area contributed by atoms with Crippen molar-refractivity contribution in [3.63, 3.8) is 0 Å². The maximum atomic E-state index is 12.7. The van der Waals surface area contributed by atoms with E-state index in [0.29, 0.717) is 10.0 Å². The minimum atomic E-state index is -0.420. The lowest BCUT2D eigenvalue weighted by molar-refractivity contribution is -0.116. The first-order valence-electron chi connectivity index (χ1n) is 3.98. The van der Waals surface area contributed by atoms with Gasteiger partial charge in [0.25, 0.3) is 0 Å². The van der Waals surface area contributed by atoms with Gasteiger partial charge in [-0.25, -0.2) is 4.39 Å². The molecule has 14 heavy (non-hydrogen) atoms. The minimum Gasteiger partial charge on any atom is -0.300 e. The number of ketones is 2. The summed E-state index contributed by atoms with van der Waals surface area (Å²) < 4.78 is 13.0. The zero-order valence-corrected chi connectivity index (χ0v) is 9.10. The van der Waals surface area contributed by atoms with Gasteiger partial charge in [-0.1, -0.05) is 0 Å². The third kappa shape index (κ3) is 2.73. The largest absolute Gasteiger partial charge is 0.300 e. The van der Waals surface area contributed by atoms with Crippen LogP contribution in [0.15, 0.2) is 22.7 Å². The highest BCUT2D eigenvalue weighted by Crippen LogP contribution is 2.19. The third-order valence-corrected chi connectivity index (χ3v) is 2.30. The van der Waals surface area contributed by atoms with Gasteiger partial charge in [0.1, 0.15) is 11.6 Å². The summed E-state index contributed by atoms with van der Waals surface area (Å²) in [6, 6.07) is 3.76. The molecule has 0 atom stereocenters. The van der Waals surface area contributed by atoms with Gasteiger partial charge in [0.2, 0.25) is 0 Å². The van der Waals surface area contributed by atoms with Gasteiger partial charge in [0.15, 0.2) is 5.78 Å². The Hall–Kier alpha value is -1.03. The molecule has 0 bridgehead atoms. The second-order valence-electron chi connectivity index (χ2n) is 2.93. The fourth-order valence-electron chi connectivity index (χ4n) is 1.04. The lowest BCUT2D eigenvalue weighted by atomic mass is 10.1. The Labute approximate surface area is 89.2 Å². The molecule has 0 aromatic heterocycles. The molecule has 1 aromatic rings. The lowest BCUT2D eigenvalue weighted by Crippen LogP contribution is -2.05. The SMILES string of the molecule is CC(=O)CC(=O)c1ccc(F)cc1Br. The van der Waals surface area contributed by atoms with Crippen LogP contribution in [0.5, 0.6) is 0 Å². The molecule has 2 nitrogen and oxygen atoms in total. The Morgan fingerprint density at radius 3 is 2.57 bits per heavy atom. The van der Waals surface area contributed by atoms with Gasteiger partial charge in [-0.2, -0.15) is 0 Å². The van der Waals surface area contributed by atoms with Crippen molar-refractivity contribution in [1.82, 2.24) is 0 Å². The zero-order chi connectivity index (χ0) is 10.7. The van der Waals surface area contributed by atoms with Crippen LogP contribution in [-0.4, -0.2) is 11.6 Å². The number of halogens is 2. The molecule has 0 N–H and O–H groups in total. The van der Waals surface area contributed by atoms with Crippen molar-refractivity contribution in [3.8, 4) is 0 Å². The molecule has 1 aromatic carbocycles. The Kier molecular flexibility index (Phi) is 3.52. The average molecular weight is 259 g/mol. The predicted molar refractivity (Wildman–Crippen MR) is 53.7 cm³/mol. The number of hydrogen-bond acceptors (Lipinski definition) is 2. The van der Waals surface area contributed by atoms with E-state index in [9.17, 15) is 14.0 Å². The Morgan fingerprint density at radius 2 is 2.07 bits per heavy atom. The molecule has 74 valence electrons. The smallest absolute Gasteiger partial charge is 0.171 e. The van der Waals surface area contributed by atoms with Gasteiger partial charge in [0, 0.05) is 10.0 Å². The second-order valence-corrected chi connectivity index (χ2v) is 3.78. The van der Waals surface area contributed by atoms with Gasteiger partial charge in [-0.15, -0.1) is 0 Å².